The Morgan fingerprint density at radius 1 is 1.27 bits per heavy atom. The largest absolute Gasteiger partial charge is 0.385 e. The fraction of sp³-hybridized carbons (Fsp3) is 0.348. The van der Waals surface area contributed by atoms with Crippen LogP contribution in [0.5, 0.6) is 0 Å². The molecule has 1 aromatic heterocycles. The van der Waals surface area contributed by atoms with Gasteiger partial charge >= 0.3 is 0 Å². The average Bonchev–Trinajstić information content (AvgIpc) is 2.99. The summed E-state index contributed by atoms with van der Waals surface area (Å²) < 4.78 is 16.2. The lowest BCUT2D eigenvalue weighted by Gasteiger charge is -2.26. The fourth-order valence-corrected chi connectivity index (χ4v) is 3.53. The number of aromatic nitrogens is 2. The van der Waals surface area contributed by atoms with Crippen LogP contribution in [0.2, 0.25) is 0 Å². The number of nitrogens with one attached hydrogen (secondary N) is 1. The Labute approximate surface area is 175 Å². The topological polar surface area (TPSA) is 90.9 Å². The third-order valence-corrected chi connectivity index (χ3v) is 4.91. The molecule has 1 amide bonds. The smallest absolute Gasteiger partial charge is 0.229 e. The van der Waals surface area contributed by atoms with Crippen LogP contribution in [0.25, 0.3) is 11.0 Å². The van der Waals surface area contributed by atoms with Gasteiger partial charge in [-0.05, 0) is 52.3 Å². The first-order chi connectivity index (χ1) is 13.9. The molecule has 7 heteroatoms. The highest BCUT2D eigenvalue weighted by molar-refractivity contribution is 5.92. The van der Waals surface area contributed by atoms with Gasteiger partial charge in [0.15, 0.2) is 5.82 Å². The molecule has 0 radical (unpaired) electrons. The Bertz CT molecular complexity index is 1170. The van der Waals surface area contributed by atoms with Crippen molar-refractivity contribution in [3.8, 4) is 6.07 Å². The highest BCUT2D eigenvalue weighted by atomic mass is 19.1. The lowest BCUT2D eigenvalue weighted by atomic mass is 9.91. The van der Waals surface area contributed by atoms with E-state index in [1.807, 2.05) is 52.0 Å². The Balaban J connectivity index is 1.98. The van der Waals surface area contributed by atoms with Crippen LogP contribution in [0.15, 0.2) is 36.4 Å². The number of benzene rings is 2. The van der Waals surface area contributed by atoms with Crippen molar-refractivity contribution in [1.82, 2.24) is 9.55 Å². The van der Waals surface area contributed by atoms with Gasteiger partial charge < -0.3 is 9.67 Å². The summed E-state index contributed by atoms with van der Waals surface area (Å²) in [5.74, 6) is -0.922. The molecular formula is C23H25FN4O2. The van der Waals surface area contributed by atoms with Gasteiger partial charge in [-0.15, -0.1) is 0 Å². The van der Waals surface area contributed by atoms with Crippen molar-refractivity contribution in [2.45, 2.75) is 52.2 Å². The molecule has 1 heterocycles. The first-order valence-corrected chi connectivity index (χ1v) is 9.64. The summed E-state index contributed by atoms with van der Waals surface area (Å²) in [7, 11) is 0. The molecule has 0 spiro atoms. The lowest BCUT2D eigenvalue weighted by molar-refractivity contribution is -0.120. The number of hydrogen-bond donors (Lipinski definition) is 2. The summed E-state index contributed by atoms with van der Waals surface area (Å²) >= 11 is 0. The van der Waals surface area contributed by atoms with Gasteiger partial charge in [-0.1, -0.05) is 29.8 Å². The van der Waals surface area contributed by atoms with Crippen molar-refractivity contribution >= 4 is 22.9 Å². The van der Waals surface area contributed by atoms with Crippen molar-refractivity contribution in [1.29, 1.82) is 5.26 Å². The van der Waals surface area contributed by atoms with Crippen molar-refractivity contribution < 1.29 is 14.3 Å². The number of nitrogens with zero attached hydrogens (tertiary/aromatic N) is 3. The Morgan fingerprint density at radius 2 is 1.97 bits per heavy atom. The number of aryl methyl sites for hydroxylation is 1. The minimum atomic E-state index is -1.38. The third-order valence-electron chi connectivity index (χ3n) is 4.91. The molecule has 0 saturated carbocycles. The second-order valence-electron chi connectivity index (χ2n) is 8.75. The van der Waals surface area contributed by atoms with Gasteiger partial charge in [0.25, 0.3) is 0 Å². The maximum absolute atomic E-state index is 14.5. The second-order valence-corrected chi connectivity index (χ2v) is 8.75. The zero-order valence-electron chi connectivity index (χ0n) is 17.7. The number of anilines is 1. The molecule has 1 unspecified atom stereocenters. The van der Waals surface area contributed by atoms with Gasteiger partial charge in [0, 0.05) is 5.54 Å². The van der Waals surface area contributed by atoms with E-state index in [4.69, 9.17) is 0 Å². The van der Waals surface area contributed by atoms with Crippen LogP contribution in [0, 0.1) is 24.1 Å². The molecule has 0 aliphatic heterocycles. The Hall–Kier alpha value is -3.24. The Morgan fingerprint density at radius 3 is 2.57 bits per heavy atom. The molecule has 3 rings (SSSR count). The molecule has 2 N–H and O–H groups in total. The zero-order valence-corrected chi connectivity index (χ0v) is 17.7. The zero-order chi connectivity index (χ0) is 22.3. The first-order valence-electron chi connectivity index (χ1n) is 9.64. The van der Waals surface area contributed by atoms with Crippen LogP contribution in [-0.4, -0.2) is 20.6 Å². The number of imidazole rings is 1. The Kier molecular flexibility index (Phi) is 5.40. The molecule has 3 aromatic rings. The quantitative estimate of drug-likeness (QED) is 0.672. The van der Waals surface area contributed by atoms with E-state index in [0.29, 0.717) is 11.1 Å². The number of aliphatic hydroxyl groups is 1. The highest BCUT2D eigenvalue weighted by Crippen LogP contribution is 2.31. The predicted octanol–water partition coefficient (Wildman–Crippen LogP) is 4.35. The molecule has 0 fully saturated rings. The first kappa shape index (κ1) is 21.5. The lowest BCUT2D eigenvalue weighted by Crippen LogP contribution is -2.31. The number of nitriles is 1. The number of carbonyl (C=O) groups is 1. The highest BCUT2D eigenvalue weighted by Gasteiger charge is 2.29. The van der Waals surface area contributed by atoms with Crippen molar-refractivity contribution in [3.63, 3.8) is 0 Å². The summed E-state index contributed by atoms with van der Waals surface area (Å²) in [4.78, 5) is 17.1. The molecule has 0 bridgehead atoms. The molecule has 156 valence electrons. The monoisotopic (exact) mass is 408 g/mol. The number of fused-ring (bicyclic) bond motifs is 1. The molecular weight excluding hydrogens is 383 g/mol. The van der Waals surface area contributed by atoms with E-state index < -0.39 is 22.9 Å². The van der Waals surface area contributed by atoms with Gasteiger partial charge in [-0.25, -0.2) is 9.37 Å². The normalized spacial score (nSPS) is 13.7. The minimum Gasteiger partial charge on any atom is -0.385 e. The van der Waals surface area contributed by atoms with Crippen LogP contribution in [0.1, 0.15) is 50.8 Å². The molecule has 6 nitrogen and oxygen atoms in total. The third kappa shape index (κ3) is 4.19. The summed E-state index contributed by atoms with van der Waals surface area (Å²) in [6.07, 6.45) is -0.199. The molecule has 0 aliphatic rings. The second kappa shape index (κ2) is 7.54. The molecule has 2 aromatic carbocycles. The summed E-state index contributed by atoms with van der Waals surface area (Å²) in [5, 5.41) is 22.7. The fourth-order valence-electron chi connectivity index (χ4n) is 3.53. The molecule has 1 atom stereocenters. The number of hydrogen-bond acceptors (Lipinski definition) is 4. The summed E-state index contributed by atoms with van der Waals surface area (Å²) in [6, 6.07) is 11.9. The molecule has 0 aliphatic carbocycles. The van der Waals surface area contributed by atoms with E-state index in [1.165, 1.54) is 0 Å². The van der Waals surface area contributed by atoms with Crippen LogP contribution < -0.4 is 5.32 Å². The van der Waals surface area contributed by atoms with E-state index in [-0.39, 0.29) is 23.4 Å². The van der Waals surface area contributed by atoms with E-state index in [1.54, 1.807) is 23.6 Å². The van der Waals surface area contributed by atoms with Crippen LogP contribution >= 0.6 is 0 Å². The average molecular weight is 408 g/mol. The van der Waals surface area contributed by atoms with Crippen molar-refractivity contribution in [2.24, 2.45) is 0 Å². The molecule has 0 saturated heterocycles. The van der Waals surface area contributed by atoms with Crippen LogP contribution in [-0.2, 0) is 15.9 Å². The van der Waals surface area contributed by atoms with Gasteiger partial charge in [-0.3, -0.25) is 10.1 Å². The summed E-state index contributed by atoms with van der Waals surface area (Å²) in [6.45, 7) is 9.17. The number of halogens is 1. The SMILES string of the molecule is Cc1cccc(C(C)(O)CC(=O)Nc2nc3c(F)cc(C#N)cc3n2C(C)(C)C)c1. The van der Waals surface area contributed by atoms with Crippen molar-refractivity contribution in [2.75, 3.05) is 5.32 Å². The predicted molar refractivity (Wildman–Crippen MR) is 113 cm³/mol. The van der Waals surface area contributed by atoms with Crippen LogP contribution in [0.4, 0.5) is 10.3 Å². The molecule has 30 heavy (non-hydrogen) atoms. The van der Waals surface area contributed by atoms with Gasteiger partial charge in [0.2, 0.25) is 11.9 Å². The minimum absolute atomic E-state index is 0.0738. The van der Waals surface area contributed by atoms with E-state index in [0.717, 1.165) is 11.6 Å². The number of rotatable bonds is 4. The van der Waals surface area contributed by atoms with Gasteiger partial charge in [0.05, 0.1) is 29.2 Å². The van der Waals surface area contributed by atoms with E-state index in [9.17, 15) is 19.6 Å². The van der Waals surface area contributed by atoms with Crippen LogP contribution in [0.3, 0.4) is 0 Å². The maximum atomic E-state index is 14.5. The number of carbonyl (C=O) groups excluding carboxylic acids is 1. The van der Waals surface area contributed by atoms with E-state index >= 15 is 0 Å². The van der Waals surface area contributed by atoms with Crippen molar-refractivity contribution in [3.05, 3.63) is 58.9 Å². The van der Waals surface area contributed by atoms with E-state index in [2.05, 4.69) is 10.3 Å². The maximum Gasteiger partial charge on any atom is 0.229 e. The number of amides is 1. The van der Waals surface area contributed by atoms with Gasteiger partial charge in [-0.2, -0.15) is 5.26 Å². The van der Waals surface area contributed by atoms with Gasteiger partial charge in [0.1, 0.15) is 5.52 Å². The standard InChI is InChI=1S/C23H25FN4O2/c1-14-7-6-8-16(9-14)23(5,30)12-19(29)26-21-27-20-17(24)10-15(13-25)11-18(20)28(21)22(2,3)4/h6-11,30H,12H2,1-5H3,(H,26,27,29). The summed E-state index contributed by atoms with van der Waals surface area (Å²) in [5.41, 5.74) is 0.346.